The summed E-state index contributed by atoms with van der Waals surface area (Å²) in [4.78, 5) is 0. The number of benzene rings is 4. The Morgan fingerprint density at radius 3 is 0.630 bits per heavy atom. The monoisotopic (exact) mass is 688 g/mol. The zero-order chi connectivity index (χ0) is 35.4. The maximum absolute atomic E-state index is 13.1. The Bertz CT molecular complexity index is 1440. The van der Waals surface area contributed by atoms with Crippen LogP contribution in [0.2, 0.25) is 0 Å². The highest BCUT2D eigenvalue weighted by Gasteiger charge is 2.40. The topological polar surface area (TPSA) is 121 Å². The van der Waals surface area contributed by atoms with Gasteiger partial charge in [-0.3, -0.25) is 0 Å². The number of hydrogen-bond donors (Lipinski definition) is 4. The summed E-state index contributed by atoms with van der Waals surface area (Å²) in [5, 5.41) is 0. The Hall–Kier alpha value is -4.74. The molecule has 8 N–H and O–H groups in total. The van der Waals surface area contributed by atoms with E-state index in [1.165, 1.54) is 0 Å². The highest BCUT2D eigenvalue weighted by molar-refractivity contribution is 7.44. The lowest BCUT2D eigenvalue weighted by molar-refractivity contribution is -0.139. The van der Waals surface area contributed by atoms with Crippen molar-refractivity contribution >= 4 is 35.3 Å². The summed E-state index contributed by atoms with van der Waals surface area (Å²) in [7, 11) is 0. The fourth-order valence-corrected chi connectivity index (χ4v) is 4.13. The predicted octanol–water partition coefficient (Wildman–Crippen LogP) is 8.77. The van der Waals surface area contributed by atoms with Crippen molar-refractivity contribution in [2.45, 2.75) is 24.7 Å². The SMILES string of the molecule is Nc1ccc(-c2ccc(N)cc2C(F)(F)F)c(C(F)(F)F)c1.Nc1ccc(-c2ccc(N)cc2C(F)(F)F)c(C(F)(F)F)c1.O=S. The number of nitrogens with two attached hydrogens (primary N) is 4. The molecule has 0 aliphatic rings. The summed E-state index contributed by atoms with van der Waals surface area (Å²) in [6, 6.07) is 10.5. The molecule has 0 aliphatic heterocycles. The van der Waals surface area contributed by atoms with E-state index in [0.29, 0.717) is 24.3 Å². The Kier molecular flexibility index (Phi) is 11.2. The van der Waals surface area contributed by atoms with Gasteiger partial charge in [-0.2, -0.15) is 56.9 Å². The minimum atomic E-state index is -4.84. The van der Waals surface area contributed by atoms with Gasteiger partial charge in [0.05, 0.1) is 22.3 Å². The third-order valence-corrected chi connectivity index (χ3v) is 5.98. The van der Waals surface area contributed by atoms with Crippen LogP contribution in [0.4, 0.5) is 75.4 Å². The van der Waals surface area contributed by atoms with Crippen LogP contribution < -0.4 is 22.9 Å². The van der Waals surface area contributed by atoms with Crippen LogP contribution in [0.1, 0.15) is 22.3 Å². The van der Waals surface area contributed by atoms with Crippen molar-refractivity contribution in [3.05, 3.63) is 95.1 Å². The largest absolute Gasteiger partial charge is 0.417 e. The molecule has 0 fully saturated rings. The second-order valence-electron chi connectivity index (χ2n) is 9.21. The van der Waals surface area contributed by atoms with Crippen LogP contribution in [0, 0.1) is 0 Å². The molecular weight excluding hydrogens is 668 g/mol. The molecule has 4 aromatic rings. The molecule has 0 aliphatic carbocycles. The Balaban J connectivity index is 0.000000304. The van der Waals surface area contributed by atoms with Gasteiger partial charge >= 0.3 is 24.7 Å². The predicted molar refractivity (Wildman–Crippen MR) is 150 cm³/mol. The summed E-state index contributed by atoms with van der Waals surface area (Å²) in [6.45, 7) is 0. The molecule has 0 heterocycles. The standard InChI is InChI=1S/2C14H10F6N2.OS/c2*15-13(16,17)11-5-7(21)1-3-9(11)10-4-2-8(22)6-12(10)14(18,19)20;1-2/h2*1-6H,21-22H2;. The van der Waals surface area contributed by atoms with Gasteiger partial charge < -0.3 is 22.9 Å². The Morgan fingerprint density at radius 2 is 0.500 bits per heavy atom. The van der Waals surface area contributed by atoms with Crippen molar-refractivity contribution in [2.24, 2.45) is 0 Å². The molecule has 0 bridgehead atoms. The van der Waals surface area contributed by atoms with Crippen molar-refractivity contribution in [3.63, 3.8) is 0 Å². The average molecular weight is 689 g/mol. The molecule has 46 heavy (non-hydrogen) atoms. The van der Waals surface area contributed by atoms with Gasteiger partial charge in [-0.1, -0.05) is 24.3 Å². The van der Waals surface area contributed by atoms with Gasteiger partial charge in [0.1, 0.15) is 0 Å². The quantitative estimate of drug-likeness (QED) is 0.123. The van der Waals surface area contributed by atoms with Crippen molar-refractivity contribution in [2.75, 3.05) is 22.9 Å². The first-order chi connectivity index (χ1) is 21.0. The third kappa shape index (κ3) is 9.15. The molecule has 4 aromatic carbocycles. The van der Waals surface area contributed by atoms with Crippen LogP contribution in [-0.2, 0) is 37.2 Å². The molecule has 18 heteroatoms. The number of hydrogen-bond acceptors (Lipinski definition) is 6. The van der Waals surface area contributed by atoms with Crippen molar-refractivity contribution in [1.82, 2.24) is 0 Å². The second-order valence-corrected chi connectivity index (χ2v) is 9.21. The molecule has 0 amide bonds. The summed E-state index contributed by atoms with van der Waals surface area (Å²) in [6.07, 6.45) is -19.4. The number of anilines is 4. The van der Waals surface area contributed by atoms with Crippen LogP contribution in [-0.4, -0.2) is 4.21 Å². The smallest absolute Gasteiger partial charge is 0.399 e. The van der Waals surface area contributed by atoms with Gasteiger partial charge in [0, 0.05) is 22.7 Å². The van der Waals surface area contributed by atoms with E-state index >= 15 is 0 Å². The molecule has 4 rings (SSSR count). The van der Waals surface area contributed by atoms with Gasteiger partial charge in [0.25, 0.3) is 0 Å². The molecule has 248 valence electrons. The zero-order valence-corrected chi connectivity index (χ0v) is 23.4. The fourth-order valence-electron chi connectivity index (χ4n) is 4.13. The van der Waals surface area contributed by atoms with Crippen LogP contribution >= 0.6 is 0 Å². The molecule has 0 radical (unpaired) electrons. The maximum Gasteiger partial charge on any atom is 0.417 e. The number of alkyl halides is 12. The third-order valence-electron chi connectivity index (χ3n) is 5.98. The Morgan fingerprint density at radius 1 is 0.348 bits per heavy atom. The average Bonchev–Trinajstić information content (AvgIpc) is 2.93. The molecule has 0 atom stereocenters. The van der Waals surface area contributed by atoms with E-state index < -0.39 is 69.2 Å². The van der Waals surface area contributed by atoms with E-state index in [2.05, 4.69) is 12.5 Å². The van der Waals surface area contributed by atoms with Gasteiger partial charge in [0.15, 0.2) is 12.5 Å². The van der Waals surface area contributed by atoms with E-state index in [1.807, 2.05) is 0 Å². The molecule has 5 nitrogen and oxygen atoms in total. The summed E-state index contributed by atoms with van der Waals surface area (Å²) in [5.74, 6) is 0. The molecule has 0 aromatic heterocycles. The molecule has 0 saturated carbocycles. The summed E-state index contributed by atoms with van der Waals surface area (Å²) < 4.78 is 165. The second kappa shape index (κ2) is 13.7. The van der Waals surface area contributed by atoms with E-state index in [4.69, 9.17) is 27.1 Å². The first-order valence-electron chi connectivity index (χ1n) is 12.0. The number of rotatable bonds is 2. The van der Waals surface area contributed by atoms with Crippen molar-refractivity contribution in [1.29, 1.82) is 0 Å². The first-order valence-corrected chi connectivity index (χ1v) is 12.4. The zero-order valence-electron chi connectivity index (χ0n) is 22.6. The van der Waals surface area contributed by atoms with Crippen LogP contribution in [0.3, 0.4) is 0 Å². The lowest BCUT2D eigenvalue weighted by Gasteiger charge is -2.18. The first kappa shape index (κ1) is 37.4. The normalized spacial score (nSPS) is 12.0. The highest BCUT2D eigenvalue weighted by Crippen LogP contribution is 2.45. The van der Waals surface area contributed by atoms with Crippen LogP contribution in [0.15, 0.2) is 72.8 Å². The van der Waals surface area contributed by atoms with E-state index in [9.17, 15) is 52.7 Å². The molecular formula is C28H20F12N4OS. The molecule has 0 unspecified atom stereocenters. The van der Waals surface area contributed by atoms with Crippen LogP contribution in [0.25, 0.3) is 22.3 Å². The van der Waals surface area contributed by atoms with Crippen LogP contribution in [0.5, 0.6) is 0 Å². The van der Waals surface area contributed by atoms with Gasteiger partial charge in [0.2, 0.25) is 0 Å². The van der Waals surface area contributed by atoms with Gasteiger partial charge in [-0.15, -0.1) is 0 Å². The van der Waals surface area contributed by atoms with E-state index in [-0.39, 0.29) is 22.7 Å². The highest BCUT2D eigenvalue weighted by atomic mass is 32.1. The molecule has 0 spiro atoms. The summed E-state index contributed by atoms with van der Waals surface area (Å²) in [5.41, 5.74) is 13.1. The lowest BCUT2D eigenvalue weighted by Crippen LogP contribution is -2.12. The van der Waals surface area contributed by atoms with Gasteiger partial charge in [-0.25, -0.2) is 0 Å². The minimum Gasteiger partial charge on any atom is -0.399 e. The maximum atomic E-state index is 13.1. The van der Waals surface area contributed by atoms with E-state index in [0.717, 1.165) is 48.5 Å². The number of halogens is 12. The summed E-state index contributed by atoms with van der Waals surface area (Å²) >= 11 is 2.83. The van der Waals surface area contributed by atoms with Gasteiger partial charge in [-0.05, 0) is 70.8 Å². The Labute approximate surface area is 257 Å². The fraction of sp³-hybridized carbons (Fsp3) is 0.143. The van der Waals surface area contributed by atoms with Crippen molar-refractivity contribution in [3.8, 4) is 22.3 Å². The van der Waals surface area contributed by atoms with E-state index in [1.54, 1.807) is 0 Å². The lowest BCUT2D eigenvalue weighted by atomic mass is 9.94. The number of nitrogen functional groups attached to an aromatic ring is 4. The van der Waals surface area contributed by atoms with Crippen molar-refractivity contribution < 1.29 is 56.9 Å². The molecule has 0 saturated heterocycles. The minimum absolute atomic E-state index is 0.194.